The van der Waals surface area contributed by atoms with E-state index >= 15 is 0 Å². The molecule has 0 bridgehead atoms. The summed E-state index contributed by atoms with van der Waals surface area (Å²) in [6, 6.07) is 14.2. The molecule has 1 saturated heterocycles. The van der Waals surface area contributed by atoms with Gasteiger partial charge in [-0.15, -0.1) is 0 Å². The second-order valence-electron chi connectivity index (χ2n) is 7.18. The van der Waals surface area contributed by atoms with Gasteiger partial charge in [-0.05, 0) is 43.3 Å². The predicted octanol–water partition coefficient (Wildman–Crippen LogP) is 2.33. The summed E-state index contributed by atoms with van der Waals surface area (Å²) in [5.74, 6) is 2.11. The van der Waals surface area contributed by atoms with Crippen LogP contribution in [0.15, 0.2) is 48.5 Å². The van der Waals surface area contributed by atoms with Gasteiger partial charge in [-0.3, -0.25) is 4.79 Å². The minimum Gasteiger partial charge on any atom is -0.494 e. The second kappa shape index (κ2) is 8.94. The highest BCUT2D eigenvalue weighted by atomic mass is 16.6. The number of urea groups is 1. The summed E-state index contributed by atoms with van der Waals surface area (Å²) < 4.78 is 16.9. The van der Waals surface area contributed by atoms with Gasteiger partial charge in [0.05, 0.1) is 19.2 Å². The highest BCUT2D eigenvalue weighted by Gasteiger charge is 2.32. The molecule has 2 aromatic rings. The summed E-state index contributed by atoms with van der Waals surface area (Å²) in [4.78, 5) is 26.4. The van der Waals surface area contributed by atoms with E-state index in [1.165, 1.54) is 0 Å². The van der Waals surface area contributed by atoms with Crippen LogP contribution in [0, 0.1) is 0 Å². The van der Waals surface area contributed by atoms with Crippen molar-refractivity contribution in [2.45, 2.75) is 25.5 Å². The Morgan fingerprint density at radius 1 is 1.17 bits per heavy atom. The Labute approximate surface area is 175 Å². The van der Waals surface area contributed by atoms with Crippen LogP contribution in [0.4, 0.5) is 10.5 Å². The van der Waals surface area contributed by atoms with E-state index in [0.717, 1.165) is 11.4 Å². The van der Waals surface area contributed by atoms with Crippen LogP contribution in [0.25, 0.3) is 0 Å². The van der Waals surface area contributed by atoms with Crippen molar-refractivity contribution in [2.75, 3.05) is 31.2 Å². The Balaban J connectivity index is 1.25. The molecule has 2 aliphatic rings. The number of nitrogens with one attached hydrogen (secondary N) is 2. The lowest BCUT2D eigenvalue weighted by molar-refractivity contribution is -0.117. The van der Waals surface area contributed by atoms with E-state index in [1.54, 1.807) is 4.90 Å². The maximum absolute atomic E-state index is 12.4. The van der Waals surface area contributed by atoms with Crippen LogP contribution >= 0.6 is 0 Å². The SMILES string of the molecule is CCOc1ccc(N2C[C@@H](NC(=O)NC[C@H]3COc4ccccc4O3)CC2=O)cc1. The maximum Gasteiger partial charge on any atom is 0.315 e. The van der Waals surface area contributed by atoms with E-state index in [-0.39, 0.29) is 30.5 Å². The van der Waals surface area contributed by atoms with E-state index < -0.39 is 0 Å². The van der Waals surface area contributed by atoms with E-state index in [2.05, 4.69) is 10.6 Å². The van der Waals surface area contributed by atoms with Crippen molar-refractivity contribution >= 4 is 17.6 Å². The van der Waals surface area contributed by atoms with E-state index in [4.69, 9.17) is 14.2 Å². The zero-order valence-corrected chi connectivity index (χ0v) is 16.8. The number of carbonyl (C=O) groups is 2. The summed E-state index contributed by atoms with van der Waals surface area (Å²) in [5.41, 5.74) is 0.791. The maximum atomic E-state index is 12.4. The highest BCUT2D eigenvalue weighted by molar-refractivity contribution is 5.96. The van der Waals surface area contributed by atoms with Gasteiger partial charge < -0.3 is 29.7 Å². The number of benzene rings is 2. The van der Waals surface area contributed by atoms with Crippen molar-refractivity contribution in [3.05, 3.63) is 48.5 Å². The van der Waals surface area contributed by atoms with Crippen molar-refractivity contribution in [3.8, 4) is 17.2 Å². The average molecular weight is 411 g/mol. The predicted molar refractivity (Wildman–Crippen MR) is 111 cm³/mol. The summed E-state index contributed by atoms with van der Waals surface area (Å²) in [5, 5.41) is 5.67. The average Bonchev–Trinajstić information content (AvgIpc) is 3.12. The van der Waals surface area contributed by atoms with Crippen molar-refractivity contribution in [1.29, 1.82) is 0 Å². The molecule has 0 aromatic heterocycles. The molecule has 2 N–H and O–H groups in total. The summed E-state index contributed by atoms with van der Waals surface area (Å²) >= 11 is 0. The van der Waals surface area contributed by atoms with Crippen LogP contribution in [0.3, 0.4) is 0 Å². The van der Waals surface area contributed by atoms with Gasteiger partial charge in [0.1, 0.15) is 12.4 Å². The van der Waals surface area contributed by atoms with E-state index in [9.17, 15) is 9.59 Å². The highest BCUT2D eigenvalue weighted by Crippen LogP contribution is 2.30. The number of carbonyl (C=O) groups excluding carboxylic acids is 2. The molecule has 2 aromatic carbocycles. The van der Waals surface area contributed by atoms with Crippen LogP contribution in [0.5, 0.6) is 17.2 Å². The van der Waals surface area contributed by atoms with Gasteiger partial charge in [0.15, 0.2) is 17.6 Å². The van der Waals surface area contributed by atoms with Gasteiger partial charge in [0.2, 0.25) is 5.91 Å². The van der Waals surface area contributed by atoms with Gasteiger partial charge >= 0.3 is 6.03 Å². The lowest BCUT2D eigenvalue weighted by Gasteiger charge is -2.26. The molecular formula is C22H25N3O5. The fourth-order valence-electron chi connectivity index (χ4n) is 3.55. The second-order valence-corrected chi connectivity index (χ2v) is 7.18. The topological polar surface area (TPSA) is 89.1 Å². The van der Waals surface area contributed by atoms with Crippen LogP contribution in [-0.2, 0) is 4.79 Å². The van der Waals surface area contributed by atoms with Crippen molar-refractivity contribution in [2.24, 2.45) is 0 Å². The quantitative estimate of drug-likeness (QED) is 0.762. The first-order valence-electron chi connectivity index (χ1n) is 10.1. The van der Waals surface area contributed by atoms with Crippen molar-refractivity contribution < 1.29 is 23.8 Å². The van der Waals surface area contributed by atoms with Crippen molar-refractivity contribution in [3.63, 3.8) is 0 Å². The lowest BCUT2D eigenvalue weighted by atomic mass is 10.2. The molecule has 2 aliphatic heterocycles. The number of hydrogen-bond acceptors (Lipinski definition) is 5. The molecule has 0 spiro atoms. The monoisotopic (exact) mass is 411 g/mol. The first-order valence-corrected chi connectivity index (χ1v) is 10.1. The van der Waals surface area contributed by atoms with Crippen LogP contribution in [0.1, 0.15) is 13.3 Å². The molecule has 2 heterocycles. The number of para-hydroxylation sites is 2. The molecule has 1 fully saturated rings. The summed E-state index contributed by atoms with van der Waals surface area (Å²) in [6.07, 6.45) is -0.00644. The molecular weight excluding hydrogens is 386 g/mol. The van der Waals surface area contributed by atoms with Crippen LogP contribution < -0.4 is 29.7 Å². The third kappa shape index (κ3) is 4.59. The number of hydrogen-bond donors (Lipinski definition) is 2. The van der Waals surface area contributed by atoms with Gasteiger partial charge in [0.25, 0.3) is 0 Å². The number of anilines is 1. The molecule has 30 heavy (non-hydrogen) atoms. The molecule has 8 nitrogen and oxygen atoms in total. The number of rotatable bonds is 6. The molecule has 3 amide bonds. The van der Waals surface area contributed by atoms with E-state index in [0.29, 0.717) is 37.8 Å². The minimum absolute atomic E-state index is 0.0231. The number of fused-ring (bicyclic) bond motifs is 1. The fraction of sp³-hybridized carbons (Fsp3) is 0.364. The summed E-state index contributed by atoms with van der Waals surface area (Å²) in [6.45, 7) is 3.62. The van der Waals surface area contributed by atoms with Gasteiger partial charge in [-0.25, -0.2) is 4.79 Å². The lowest BCUT2D eigenvalue weighted by Crippen LogP contribution is -2.47. The zero-order valence-electron chi connectivity index (χ0n) is 16.8. The fourth-order valence-corrected chi connectivity index (χ4v) is 3.55. The third-order valence-electron chi connectivity index (χ3n) is 4.98. The Hall–Kier alpha value is -3.42. The molecule has 0 saturated carbocycles. The zero-order chi connectivity index (χ0) is 20.9. The Morgan fingerprint density at radius 3 is 2.70 bits per heavy atom. The number of nitrogens with zero attached hydrogens (tertiary/aromatic N) is 1. The Bertz CT molecular complexity index is 902. The largest absolute Gasteiger partial charge is 0.494 e. The van der Waals surface area contributed by atoms with Crippen LogP contribution in [-0.4, -0.2) is 50.4 Å². The summed E-state index contributed by atoms with van der Waals surface area (Å²) in [7, 11) is 0. The Kier molecular flexibility index (Phi) is 5.92. The van der Waals surface area contributed by atoms with Crippen molar-refractivity contribution in [1.82, 2.24) is 10.6 Å². The molecule has 0 radical (unpaired) electrons. The molecule has 4 rings (SSSR count). The number of amides is 3. The third-order valence-corrected chi connectivity index (χ3v) is 4.98. The van der Waals surface area contributed by atoms with Gasteiger partial charge in [-0.2, -0.15) is 0 Å². The molecule has 0 unspecified atom stereocenters. The van der Waals surface area contributed by atoms with Crippen LogP contribution in [0.2, 0.25) is 0 Å². The minimum atomic E-state index is -0.330. The standard InChI is InChI=1S/C22H25N3O5/c1-2-28-17-9-7-16(8-10-17)25-13-15(11-21(25)26)24-22(27)23-12-18-14-29-19-5-3-4-6-20(19)30-18/h3-10,15,18H,2,11-14H2,1H3,(H2,23,24,27)/t15-,18-/m0/s1. The van der Waals surface area contributed by atoms with Gasteiger partial charge in [-0.1, -0.05) is 12.1 Å². The normalized spacial score (nSPS) is 20.0. The molecule has 0 aliphatic carbocycles. The molecule has 158 valence electrons. The molecule has 8 heteroatoms. The first-order chi connectivity index (χ1) is 14.6. The first kappa shape index (κ1) is 19.9. The Morgan fingerprint density at radius 2 is 1.93 bits per heavy atom. The molecule has 2 atom stereocenters. The smallest absolute Gasteiger partial charge is 0.315 e. The number of ether oxygens (including phenoxy) is 3. The van der Waals surface area contributed by atoms with Gasteiger partial charge in [0, 0.05) is 18.7 Å². The van der Waals surface area contributed by atoms with E-state index in [1.807, 2.05) is 55.5 Å².